The fraction of sp³-hybridized carbons (Fsp3) is 0.462. The Kier molecular flexibility index (Phi) is 3.31. The van der Waals surface area contributed by atoms with E-state index in [2.05, 4.69) is 9.88 Å². The van der Waals surface area contributed by atoms with Crippen molar-refractivity contribution in [2.45, 2.75) is 25.8 Å². The Bertz CT molecular complexity index is 670. The van der Waals surface area contributed by atoms with Crippen LogP contribution in [0.1, 0.15) is 17.8 Å². The third-order valence-corrected chi connectivity index (χ3v) is 4.68. The van der Waals surface area contributed by atoms with Crippen molar-refractivity contribution in [3.63, 3.8) is 0 Å². The number of aromatic nitrogens is 1. The van der Waals surface area contributed by atoms with Gasteiger partial charge in [-0.15, -0.1) is 11.3 Å². The van der Waals surface area contributed by atoms with Crippen LogP contribution in [0.25, 0.3) is 10.2 Å². The fourth-order valence-electron chi connectivity index (χ4n) is 2.84. The Hall–Kier alpha value is -1.73. The SMILES string of the molecule is Cc1nc2cc(N3CCCC3CN)c([N+](=O)[O-])cc2s1. The van der Waals surface area contributed by atoms with E-state index in [0.717, 1.165) is 34.6 Å². The molecule has 2 heterocycles. The molecule has 3 rings (SSSR count). The van der Waals surface area contributed by atoms with Crippen molar-refractivity contribution >= 4 is 32.9 Å². The molecule has 7 heteroatoms. The molecule has 0 radical (unpaired) electrons. The average Bonchev–Trinajstić information content (AvgIpc) is 3.00. The van der Waals surface area contributed by atoms with Crippen molar-refractivity contribution in [1.29, 1.82) is 0 Å². The highest BCUT2D eigenvalue weighted by Crippen LogP contribution is 2.38. The van der Waals surface area contributed by atoms with Gasteiger partial charge in [-0.25, -0.2) is 4.98 Å². The van der Waals surface area contributed by atoms with Crippen molar-refractivity contribution < 1.29 is 4.92 Å². The molecule has 2 N–H and O–H groups in total. The van der Waals surface area contributed by atoms with Gasteiger partial charge in [0.05, 0.1) is 20.1 Å². The zero-order valence-electron chi connectivity index (χ0n) is 11.2. The van der Waals surface area contributed by atoms with Crippen LogP contribution in [0.4, 0.5) is 11.4 Å². The molecule has 1 unspecified atom stereocenters. The van der Waals surface area contributed by atoms with Crippen molar-refractivity contribution in [3.05, 3.63) is 27.3 Å². The first-order valence-corrected chi connectivity index (χ1v) is 7.44. The number of nitrogens with zero attached hydrogens (tertiary/aromatic N) is 3. The normalized spacial score (nSPS) is 18.9. The molecular formula is C13H16N4O2S. The van der Waals surface area contributed by atoms with Crippen molar-refractivity contribution in [3.8, 4) is 0 Å². The summed E-state index contributed by atoms with van der Waals surface area (Å²) in [6, 6.07) is 3.66. The van der Waals surface area contributed by atoms with Gasteiger partial charge < -0.3 is 10.6 Å². The summed E-state index contributed by atoms with van der Waals surface area (Å²) in [5, 5.41) is 12.3. The Morgan fingerprint density at radius 2 is 2.40 bits per heavy atom. The molecule has 0 bridgehead atoms. The van der Waals surface area contributed by atoms with E-state index in [1.54, 1.807) is 6.07 Å². The van der Waals surface area contributed by atoms with Gasteiger partial charge in [0.15, 0.2) is 0 Å². The van der Waals surface area contributed by atoms with E-state index in [-0.39, 0.29) is 16.7 Å². The molecule has 1 atom stereocenters. The van der Waals surface area contributed by atoms with Gasteiger partial charge in [0, 0.05) is 25.2 Å². The number of nitro benzene ring substituents is 1. The summed E-state index contributed by atoms with van der Waals surface area (Å²) < 4.78 is 0.862. The Morgan fingerprint density at radius 1 is 1.60 bits per heavy atom. The molecule has 1 aromatic carbocycles. The van der Waals surface area contributed by atoms with E-state index in [0.29, 0.717) is 12.2 Å². The first-order valence-electron chi connectivity index (χ1n) is 6.62. The second-order valence-corrected chi connectivity index (χ2v) is 6.26. The molecule has 1 aromatic heterocycles. The molecule has 0 spiro atoms. The number of hydrogen-bond donors (Lipinski definition) is 1. The fourth-order valence-corrected chi connectivity index (χ4v) is 3.68. The van der Waals surface area contributed by atoms with E-state index in [4.69, 9.17) is 5.73 Å². The zero-order chi connectivity index (χ0) is 14.3. The number of rotatable bonds is 3. The lowest BCUT2D eigenvalue weighted by molar-refractivity contribution is -0.384. The summed E-state index contributed by atoms with van der Waals surface area (Å²) in [5.41, 5.74) is 7.42. The first-order chi connectivity index (χ1) is 9.60. The molecule has 0 aliphatic carbocycles. The molecule has 6 nitrogen and oxygen atoms in total. The molecule has 2 aromatic rings. The minimum Gasteiger partial charge on any atom is -0.362 e. The van der Waals surface area contributed by atoms with Crippen LogP contribution < -0.4 is 10.6 Å². The van der Waals surface area contributed by atoms with E-state index in [1.165, 1.54) is 11.3 Å². The lowest BCUT2D eigenvalue weighted by Gasteiger charge is -2.25. The predicted molar refractivity (Wildman–Crippen MR) is 80.4 cm³/mol. The van der Waals surface area contributed by atoms with Crippen LogP contribution in [0.15, 0.2) is 12.1 Å². The number of thiazole rings is 1. The van der Waals surface area contributed by atoms with Crippen LogP contribution in [-0.2, 0) is 0 Å². The van der Waals surface area contributed by atoms with Gasteiger partial charge in [0.1, 0.15) is 5.69 Å². The Balaban J connectivity index is 2.16. The van der Waals surface area contributed by atoms with Crippen LogP contribution in [0.5, 0.6) is 0 Å². The summed E-state index contributed by atoms with van der Waals surface area (Å²) >= 11 is 1.48. The Morgan fingerprint density at radius 3 is 3.10 bits per heavy atom. The van der Waals surface area contributed by atoms with Gasteiger partial charge in [-0.05, 0) is 25.8 Å². The molecular weight excluding hydrogens is 276 g/mol. The van der Waals surface area contributed by atoms with E-state index < -0.39 is 0 Å². The van der Waals surface area contributed by atoms with Crippen LogP contribution in [0.3, 0.4) is 0 Å². The molecule has 1 aliphatic rings. The van der Waals surface area contributed by atoms with Gasteiger partial charge in [0.25, 0.3) is 5.69 Å². The molecule has 1 fully saturated rings. The molecule has 20 heavy (non-hydrogen) atoms. The highest BCUT2D eigenvalue weighted by Gasteiger charge is 2.29. The minimum atomic E-state index is -0.310. The monoisotopic (exact) mass is 292 g/mol. The second kappa shape index (κ2) is 4.99. The summed E-state index contributed by atoms with van der Waals surface area (Å²) in [6.07, 6.45) is 2.01. The standard InChI is InChI=1S/C13H16N4O2S/c1-8-15-10-5-11(16-4-2-3-9(16)7-14)12(17(18)19)6-13(10)20-8/h5-6,9H,2-4,7,14H2,1H3. The second-order valence-electron chi connectivity index (χ2n) is 5.02. The lowest BCUT2D eigenvalue weighted by atomic mass is 10.2. The molecule has 0 amide bonds. The number of hydrogen-bond acceptors (Lipinski definition) is 6. The third kappa shape index (κ3) is 2.12. The smallest absolute Gasteiger partial charge is 0.294 e. The summed E-state index contributed by atoms with van der Waals surface area (Å²) in [5.74, 6) is 0. The maximum atomic E-state index is 11.4. The summed E-state index contributed by atoms with van der Waals surface area (Å²) in [4.78, 5) is 17.5. The van der Waals surface area contributed by atoms with Crippen LogP contribution in [-0.4, -0.2) is 29.0 Å². The van der Waals surface area contributed by atoms with Gasteiger partial charge >= 0.3 is 0 Å². The summed E-state index contributed by atoms with van der Waals surface area (Å²) in [7, 11) is 0. The number of nitro groups is 1. The van der Waals surface area contributed by atoms with E-state index >= 15 is 0 Å². The van der Waals surface area contributed by atoms with E-state index in [1.807, 2.05) is 13.0 Å². The Labute approximate surface area is 120 Å². The van der Waals surface area contributed by atoms with Crippen molar-refractivity contribution in [2.24, 2.45) is 5.73 Å². The highest BCUT2D eigenvalue weighted by atomic mass is 32.1. The van der Waals surface area contributed by atoms with Crippen LogP contribution in [0.2, 0.25) is 0 Å². The van der Waals surface area contributed by atoms with E-state index in [9.17, 15) is 10.1 Å². The van der Waals surface area contributed by atoms with Crippen LogP contribution >= 0.6 is 11.3 Å². The van der Waals surface area contributed by atoms with Gasteiger partial charge in [-0.3, -0.25) is 10.1 Å². The quantitative estimate of drug-likeness (QED) is 0.693. The first kappa shape index (κ1) is 13.3. The van der Waals surface area contributed by atoms with Crippen molar-refractivity contribution in [1.82, 2.24) is 4.98 Å². The third-order valence-electron chi connectivity index (χ3n) is 3.75. The predicted octanol–water partition coefficient (Wildman–Crippen LogP) is 2.44. The minimum absolute atomic E-state index is 0.154. The average molecular weight is 292 g/mol. The lowest BCUT2D eigenvalue weighted by Crippen LogP contribution is -2.35. The highest BCUT2D eigenvalue weighted by molar-refractivity contribution is 7.18. The number of nitrogens with two attached hydrogens (primary N) is 1. The van der Waals surface area contributed by atoms with Crippen molar-refractivity contribution in [2.75, 3.05) is 18.0 Å². The largest absolute Gasteiger partial charge is 0.362 e. The topological polar surface area (TPSA) is 85.3 Å². The number of anilines is 1. The zero-order valence-corrected chi connectivity index (χ0v) is 12.0. The maximum Gasteiger partial charge on any atom is 0.294 e. The molecule has 0 saturated carbocycles. The van der Waals surface area contributed by atoms with Crippen LogP contribution in [0, 0.1) is 17.0 Å². The molecule has 1 aliphatic heterocycles. The van der Waals surface area contributed by atoms with Gasteiger partial charge in [0.2, 0.25) is 0 Å². The number of aryl methyl sites for hydroxylation is 1. The number of benzene rings is 1. The maximum absolute atomic E-state index is 11.4. The summed E-state index contributed by atoms with van der Waals surface area (Å²) in [6.45, 7) is 3.25. The molecule has 1 saturated heterocycles. The number of fused-ring (bicyclic) bond motifs is 1. The van der Waals surface area contributed by atoms with Gasteiger partial charge in [-0.2, -0.15) is 0 Å². The van der Waals surface area contributed by atoms with Gasteiger partial charge in [-0.1, -0.05) is 0 Å². The molecule has 106 valence electrons.